The van der Waals surface area contributed by atoms with Crippen molar-refractivity contribution in [3.63, 3.8) is 0 Å². The number of thiocarbonyl (C=S) groups is 1. The maximum atomic E-state index is 12.0. The van der Waals surface area contributed by atoms with E-state index in [9.17, 15) is 4.79 Å². The lowest BCUT2D eigenvalue weighted by molar-refractivity contribution is -0.121. The number of rotatable bonds is 5. The first-order chi connectivity index (χ1) is 14.6. The van der Waals surface area contributed by atoms with Gasteiger partial charge in [0.25, 0.3) is 5.91 Å². The third kappa shape index (κ3) is 5.03. The summed E-state index contributed by atoms with van der Waals surface area (Å²) in [6, 6.07) is 22.2. The van der Waals surface area contributed by atoms with Crippen molar-refractivity contribution in [2.45, 2.75) is 0 Å². The standard InChI is InChI=1S/C22H16BrN3O3S/c23-15-7-11-17(12-8-15)28-13-20(27)26-22(30)24-16-9-5-14(6-10-16)21-25-18-3-1-2-4-19(18)29-21/h1-12H,13H2,(H2,24,26,27,30). The van der Waals surface area contributed by atoms with E-state index in [0.29, 0.717) is 11.6 Å². The number of benzene rings is 3. The Morgan fingerprint density at radius 3 is 2.50 bits per heavy atom. The number of fused-ring (bicyclic) bond motifs is 1. The van der Waals surface area contributed by atoms with Crippen molar-refractivity contribution in [3.8, 4) is 17.2 Å². The maximum absolute atomic E-state index is 12.0. The molecule has 1 aromatic heterocycles. The van der Waals surface area contributed by atoms with E-state index in [4.69, 9.17) is 21.4 Å². The molecule has 2 N–H and O–H groups in total. The summed E-state index contributed by atoms with van der Waals surface area (Å²) < 4.78 is 12.1. The Bertz CT molecular complexity index is 1160. The molecule has 30 heavy (non-hydrogen) atoms. The highest BCUT2D eigenvalue weighted by Crippen LogP contribution is 2.25. The number of hydrogen-bond acceptors (Lipinski definition) is 5. The average Bonchev–Trinajstić information content (AvgIpc) is 3.18. The van der Waals surface area contributed by atoms with Gasteiger partial charge in [-0.2, -0.15) is 0 Å². The van der Waals surface area contributed by atoms with Crippen LogP contribution in [0, 0.1) is 0 Å². The van der Waals surface area contributed by atoms with Crippen molar-refractivity contribution in [1.29, 1.82) is 0 Å². The van der Waals surface area contributed by atoms with E-state index in [1.165, 1.54) is 0 Å². The molecular weight excluding hydrogens is 466 g/mol. The number of nitrogens with one attached hydrogen (secondary N) is 2. The van der Waals surface area contributed by atoms with Gasteiger partial charge < -0.3 is 14.5 Å². The fourth-order valence-electron chi connectivity index (χ4n) is 2.70. The molecule has 0 bridgehead atoms. The smallest absolute Gasteiger partial charge is 0.264 e. The molecule has 0 fully saturated rings. The van der Waals surface area contributed by atoms with E-state index in [1.54, 1.807) is 12.1 Å². The van der Waals surface area contributed by atoms with E-state index in [-0.39, 0.29) is 17.6 Å². The summed E-state index contributed by atoms with van der Waals surface area (Å²) in [6.45, 7) is -0.139. The molecule has 1 heterocycles. The quantitative estimate of drug-likeness (QED) is 0.384. The number of para-hydroxylation sites is 2. The Balaban J connectivity index is 1.30. The number of halogens is 1. The summed E-state index contributed by atoms with van der Waals surface area (Å²) in [4.78, 5) is 16.5. The van der Waals surface area contributed by atoms with E-state index in [2.05, 4.69) is 31.5 Å². The number of hydrogen-bond donors (Lipinski definition) is 2. The Morgan fingerprint density at radius 1 is 1.03 bits per heavy atom. The van der Waals surface area contributed by atoms with E-state index >= 15 is 0 Å². The van der Waals surface area contributed by atoms with E-state index < -0.39 is 0 Å². The second-order valence-corrected chi connectivity index (χ2v) is 7.63. The van der Waals surface area contributed by atoms with Crippen LogP contribution >= 0.6 is 28.1 Å². The van der Waals surface area contributed by atoms with Gasteiger partial charge in [0.05, 0.1) is 0 Å². The number of amides is 1. The number of anilines is 1. The number of oxazole rings is 1. The Morgan fingerprint density at radius 2 is 1.77 bits per heavy atom. The van der Waals surface area contributed by atoms with Gasteiger partial charge in [0.1, 0.15) is 11.3 Å². The number of nitrogens with zero attached hydrogens (tertiary/aromatic N) is 1. The molecule has 150 valence electrons. The summed E-state index contributed by atoms with van der Waals surface area (Å²) >= 11 is 8.54. The van der Waals surface area contributed by atoms with Crippen LogP contribution in [-0.2, 0) is 4.79 Å². The summed E-state index contributed by atoms with van der Waals surface area (Å²) in [5.41, 5.74) is 3.12. The SMILES string of the molecule is O=C(COc1ccc(Br)cc1)NC(=S)Nc1ccc(-c2nc3ccccc3o2)cc1. The van der Waals surface area contributed by atoms with Crippen molar-refractivity contribution in [2.24, 2.45) is 0 Å². The molecule has 0 aliphatic rings. The molecule has 0 saturated carbocycles. The van der Waals surface area contributed by atoms with Gasteiger partial charge in [0.15, 0.2) is 17.3 Å². The minimum Gasteiger partial charge on any atom is -0.484 e. The normalized spacial score (nSPS) is 10.6. The molecule has 0 spiro atoms. The third-order valence-electron chi connectivity index (χ3n) is 4.12. The van der Waals surface area contributed by atoms with Gasteiger partial charge in [-0.25, -0.2) is 4.98 Å². The molecule has 0 aliphatic carbocycles. The van der Waals surface area contributed by atoms with E-state index in [0.717, 1.165) is 26.8 Å². The highest BCUT2D eigenvalue weighted by molar-refractivity contribution is 9.10. The van der Waals surface area contributed by atoms with Gasteiger partial charge in [0, 0.05) is 15.7 Å². The molecule has 0 radical (unpaired) electrons. The number of ether oxygens (including phenoxy) is 1. The maximum Gasteiger partial charge on any atom is 0.264 e. The first kappa shape index (κ1) is 20.1. The van der Waals surface area contributed by atoms with Crippen LogP contribution in [0.3, 0.4) is 0 Å². The van der Waals surface area contributed by atoms with Crippen LogP contribution < -0.4 is 15.4 Å². The van der Waals surface area contributed by atoms with Crippen molar-refractivity contribution in [2.75, 3.05) is 11.9 Å². The number of carbonyl (C=O) groups is 1. The van der Waals surface area contributed by atoms with Crippen molar-refractivity contribution >= 4 is 56.0 Å². The fraction of sp³-hybridized carbons (Fsp3) is 0.0455. The first-order valence-corrected chi connectivity index (χ1v) is 10.2. The van der Waals surface area contributed by atoms with Crippen LogP contribution in [0.4, 0.5) is 5.69 Å². The van der Waals surface area contributed by atoms with Crippen molar-refractivity contribution in [3.05, 3.63) is 77.3 Å². The average molecular weight is 482 g/mol. The monoisotopic (exact) mass is 481 g/mol. The Hall–Kier alpha value is -3.23. The van der Waals surface area contributed by atoms with Crippen LogP contribution in [0.1, 0.15) is 0 Å². The Labute approximate surface area is 186 Å². The van der Waals surface area contributed by atoms with Gasteiger partial charge in [-0.1, -0.05) is 28.1 Å². The molecule has 3 aromatic carbocycles. The molecule has 6 nitrogen and oxygen atoms in total. The zero-order valence-corrected chi connectivity index (χ0v) is 18.0. The van der Waals surface area contributed by atoms with Crippen LogP contribution in [0.2, 0.25) is 0 Å². The number of carbonyl (C=O) groups excluding carboxylic acids is 1. The predicted octanol–water partition coefficient (Wildman–Crippen LogP) is 5.15. The molecule has 0 atom stereocenters. The first-order valence-electron chi connectivity index (χ1n) is 9.02. The van der Waals surface area contributed by atoms with Gasteiger partial charge >= 0.3 is 0 Å². The van der Waals surface area contributed by atoms with Crippen LogP contribution in [0.25, 0.3) is 22.6 Å². The largest absolute Gasteiger partial charge is 0.484 e. The highest BCUT2D eigenvalue weighted by Gasteiger charge is 2.09. The molecule has 4 aromatic rings. The van der Waals surface area contributed by atoms with Gasteiger partial charge in [-0.15, -0.1) is 0 Å². The van der Waals surface area contributed by atoms with Gasteiger partial charge in [0.2, 0.25) is 5.89 Å². The summed E-state index contributed by atoms with van der Waals surface area (Å²) in [5.74, 6) is 0.796. The van der Waals surface area contributed by atoms with Crippen molar-refractivity contribution in [1.82, 2.24) is 10.3 Å². The molecule has 0 aliphatic heterocycles. The lowest BCUT2D eigenvalue weighted by atomic mass is 10.2. The summed E-state index contributed by atoms with van der Waals surface area (Å²) in [6.07, 6.45) is 0. The predicted molar refractivity (Wildman–Crippen MR) is 123 cm³/mol. The minimum absolute atomic E-state index is 0.139. The second kappa shape index (κ2) is 9.06. The summed E-state index contributed by atoms with van der Waals surface area (Å²) in [5, 5.41) is 5.75. The van der Waals surface area contributed by atoms with Crippen LogP contribution in [-0.4, -0.2) is 22.6 Å². The van der Waals surface area contributed by atoms with Crippen LogP contribution in [0.15, 0.2) is 81.7 Å². The lowest BCUT2D eigenvalue weighted by Gasteiger charge is -2.10. The molecular formula is C22H16BrN3O3S. The molecule has 4 rings (SSSR count). The second-order valence-electron chi connectivity index (χ2n) is 6.31. The number of aromatic nitrogens is 1. The fourth-order valence-corrected chi connectivity index (χ4v) is 3.19. The molecule has 8 heteroatoms. The molecule has 1 amide bonds. The zero-order valence-electron chi connectivity index (χ0n) is 15.6. The molecule has 0 unspecified atom stereocenters. The highest BCUT2D eigenvalue weighted by atomic mass is 79.9. The van der Waals surface area contributed by atoms with Gasteiger partial charge in [-0.05, 0) is 72.9 Å². The van der Waals surface area contributed by atoms with Crippen LogP contribution in [0.5, 0.6) is 5.75 Å². The summed E-state index contributed by atoms with van der Waals surface area (Å²) in [7, 11) is 0. The van der Waals surface area contributed by atoms with E-state index in [1.807, 2.05) is 60.7 Å². The third-order valence-corrected chi connectivity index (χ3v) is 4.85. The topological polar surface area (TPSA) is 76.4 Å². The minimum atomic E-state index is -0.349. The van der Waals surface area contributed by atoms with Crippen molar-refractivity contribution < 1.29 is 13.9 Å². The molecule has 0 saturated heterocycles. The van der Waals surface area contributed by atoms with Gasteiger partial charge in [-0.3, -0.25) is 10.1 Å². The Kier molecular flexibility index (Phi) is 6.06. The zero-order chi connectivity index (χ0) is 20.9. The lowest BCUT2D eigenvalue weighted by Crippen LogP contribution is -2.37.